The quantitative estimate of drug-likeness (QED) is 0.805. The van der Waals surface area contributed by atoms with Crippen molar-refractivity contribution in [1.82, 2.24) is 10.6 Å². The first kappa shape index (κ1) is 13.4. The SMILES string of the molecule is O=C1CCC(NCc2cc(Br)c3c(c2)OCO3)C(=O)N1. The summed E-state index contributed by atoms with van der Waals surface area (Å²) >= 11 is 3.43. The second kappa shape index (κ2) is 5.41. The van der Waals surface area contributed by atoms with E-state index in [0.29, 0.717) is 30.9 Å². The van der Waals surface area contributed by atoms with Crippen molar-refractivity contribution in [2.45, 2.75) is 25.4 Å². The summed E-state index contributed by atoms with van der Waals surface area (Å²) in [6, 6.07) is 3.47. The maximum atomic E-state index is 11.6. The van der Waals surface area contributed by atoms with Gasteiger partial charge in [-0.1, -0.05) is 0 Å². The molecule has 0 radical (unpaired) electrons. The number of carbonyl (C=O) groups is 2. The first-order valence-corrected chi connectivity index (χ1v) is 7.08. The van der Waals surface area contributed by atoms with Crippen LogP contribution in [0, 0.1) is 0 Å². The summed E-state index contributed by atoms with van der Waals surface area (Å²) in [5.74, 6) is 0.925. The Bertz CT molecular complexity index is 576. The molecular formula is C13H13BrN2O4. The van der Waals surface area contributed by atoms with E-state index in [1.807, 2.05) is 12.1 Å². The topological polar surface area (TPSA) is 76.7 Å². The van der Waals surface area contributed by atoms with Gasteiger partial charge in [-0.2, -0.15) is 0 Å². The maximum Gasteiger partial charge on any atom is 0.243 e. The predicted molar refractivity (Wildman–Crippen MR) is 73.3 cm³/mol. The van der Waals surface area contributed by atoms with E-state index < -0.39 is 0 Å². The van der Waals surface area contributed by atoms with Gasteiger partial charge in [0, 0.05) is 13.0 Å². The molecule has 0 aromatic heterocycles. The molecule has 1 atom stereocenters. The summed E-state index contributed by atoms with van der Waals surface area (Å²) in [6.45, 7) is 0.736. The fourth-order valence-electron chi connectivity index (χ4n) is 2.25. The van der Waals surface area contributed by atoms with Crippen molar-refractivity contribution >= 4 is 27.7 Å². The van der Waals surface area contributed by atoms with Gasteiger partial charge >= 0.3 is 0 Å². The Morgan fingerprint density at radius 3 is 3.00 bits per heavy atom. The van der Waals surface area contributed by atoms with E-state index in [-0.39, 0.29) is 24.6 Å². The molecule has 3 rings (SSSR count). The van der Waals surface area contributed by atoms with E-state index in [0.717, 1.165) is 10.0 Å². The summed E-state index contributed by atoms with van der Waals surface area (Å²) in [5.41, 5.74) is 0.978. The number of rotatable bonds is 3. The summed E-state index contributed by atoms with van der Waals surface area (Å²) in [4.78, 5) is 22.7. The molecule has 20 heavy (non-hydrogen) atoms. The largest absolute Gasteiger partial charge is 0.454 e. The number of hydrogen-bond acceptors (Lipinski definition) is 5. The van der Waals surface area contributed by atoms with Gasteiger partial charge in [-0.3, -0.25) is 14.9 Å². The van der Waals surface area contributed by atoms with Crippen molar-refractivity contribution in [3.8, 4) is 11.5 Å². The van der Waals surface area contributed by atoms with Crippen LogP contribution in [0.25, 0.3) is 0 Å². The second-order valence-electron chi connectivity index (χ2n) is 4.70. The van der Waals surface area contributed by atoms with Crippen molar-refractivity contribution in [3.05, 3.63) is 22.2 Å². The van der Waals surface area contributed by atoms with E-state index in [2.05, 4.69) is 26.6 Å². The number of benzene rings is 1. The first-order valence-electron chi connectivity index (χ1n) is 6.28. The number of imide groups is 1. The molecule has 2 aliphatic heterocycles. The van der Waals surface area contributed by atoms with Crippen LogP contribution in [0.3, 0.4) is 0 Å². The normalized spacial score (nSPS) is 20.9. The Morgan fingerprint density at radius 2 is 2.20 bits per heavy atom. The standard InChI is InChI=1S/C13H13BrN2O4/c14-8-3-7(4-10-12(8)20-6-19-10)5-15-9-1-2-11(17)16-13(9)18/h3-4,9,15H,1-2,5-6H2,(H,16,17,18). The van der Waals surface area contributed by atoms with E-state index >= 15 is 0 Å². The lowest BCUT2D eigenvalue weighted by atomic mass is 10.1. The lowest BCUT2D eigenvalue weighted by molar-refractivity contribution is -0.134. The van der Waals surface area contributed by atoms with Gasteiger partial charge in [-0.25, -0.2) is 0 Å². The maximum absolute atomic E-state index is 11.6. The molecule has 1 aromatic carbocycles. The van der Waals surface area contributed by atoms with Gasteiger partial charge in [0.25, 0.3) is 0 Å². The van der Waals surface area contributed by atoms with Gasteiger partial charge in [0.2, 0.25) is 18.6 Å². The van der Waals surface area contributed by atoms with E-state index in [4.69, 9.17) is 9.47 Å². The molecule has 6 nitrogen and oxygen atoms in total. The third-order valence-electron chi connectivity index (χ3n) is 3.28. The molecule has 7 heteroatoms. The minimum Gasteiger partial charge on any atom is -0.454 e. The number of nitrogens with one attached hydrogen (secondary N) is 2. The number of fused-ring (bicyclic) bond motifs is 1. The van der Waals surface area contributed by atoms with E-state index in [1.54, 1.807) is 0 Å². The molecule has 2 aliphatic rings. The molecule has 106 valence electrons. The van der Waals surface area contributed by atoms with Gasteiger partial charge in [0.15, 0.2) is 11.5 Å². The Balaban J connectivity index is 1.65. The lowest BCUT2D eigenvalue weighted by Gasteiger charge is -2.22. The molecule has 1 unspecified atom stereocenters. The zero-order valence-corrected chi connectivity index (χ0v) is 12.2. The average Bonchev–Trinajstić information content (AvgIpc) is 2.86. The minimum atomic E-state index is -0.336. The van der Waals surface area contributed by atoms with Crippen LogP contribution in [0.1, 0.15) is 18.4 Å². The van der Waals surface area contributed by atoms with Crippen LogP contribution in [0.2, 0.25) is 0 Å². The van der Waals surface area contributed by atoms with Gasteiger partial charge in [0.05, 0.1) is 10.5 Å². The molecule has 0 spiro atoms. The average molecular weight is 341 g/mol. The predicted octanol–water partition coefficient (Wildman–Crippen LogP) is 1.07. The molecule has 2 N–H and O–H groups in total. The van der Waals surface area contributed by atoms with Crippen LogP contribution in [0.15, 0.2) is 16.6 Å². The lowest BCUT2D eigenvalue weighted by Crippen LogP contribution is -2.50. The summed E-state index contributed by atoms with van der Waals surface area (Å²) < 4.78 is 11.5. The first-order chi connectivity index (χ1) is 9.63. The molecule has 0 saturated carbocycles. The smallest absolute Gasteiger partial charge is 0.243 e. The number of piperidine rings is 1. The molecule has 1 aromatic rings. The van der Waals surface area contributed by atoms with Crippen LogP contribution in [-0.4, -0.2) is 24.6 Å². The molecule has 1 fully saturated rings. The summed E-state index contributed by atoms with van der Waals surface area (Å²) in [6.07, 6.45) is 0.893. The number of hydrogen-bond donors (Lipinski definition) is 2. The second-order valence-corrected chi connectivity index (χ2v) is 5.55. The Labute approximate surface area is 123 Å². The fraction of sp³-hybridized carbons (Fsp3) is 0.385. The van der Waals surface area contributed by atoms with Crippen molar-refractivity contribution in [1.29, 1.82) is 0 Å². The summed E-state index contributed by atoms with van der Waals surface area (Å²) in [5, 5.41) is 5.47. The highest BCUT2D eigenvalue weighted by Crippen LogP contribution is 2.39. The molecule has 0 aliphatic carbocycles. The molecule has 2 amide bonds. The van der Waals surface area contributed by atoms with Crippen molar-refractivity contribution in [2.24, 2.45) is 0 Å². The van der Waals surface area contributed by atoms with Crippen LogP contribution < -0.4 is 20.1 Å². The number of amides is 2. The summed E-state index contributed by atoms with van der Waals surface area (Å²) in [7, 11) is 0. The van der Waals surface area contributed by atoms with Gasteiger partial charge in [-0.15, -0.1) is 0 Å². The van der Waals surface area contributed by atoms with Crippen LogP contribution in [0.4, 0.5) is 0 Å². The highest BCUT2D eigenvalue weighted by Gasteiger charge is 2.26. The van der Waals surface area contributed by atoms with Crippen LogP contribution in [0.5, 0.6) is 11.5 Å². The highest BCUT2D eigenvalue weighted by molar-refractivity contribution is 9.10. The third kappa shape index (κ3) is 2.64. The van der Waals surface area contributed by atoms with Gasteiger partial charge < -0.3 is 14.8 Å². The minimum absolute atomic E-state index is 0.209. The highest BCUT2D eigenvalue weighted by atomic mass is 79.9. The zero-order chi connectivity index (χ0) is 14.1. The van der Waals surface area contributed by atoms with Crippen molar-refractivity contribution in [2.75, 3.05) is 6.79 Å². The number of carbonyl (C=O) groups excluding carboxylic acids is 2. The van der Waals surface area contributed by atoms with Crippen LogP contribution >= 0.6 is 15.9 Å². The molecular weight excluding hydrogens is 328 g/mol. The number of ether oxygens (including phenoxy) is 2. The van der Waals surface area contributed by atoms with E-state index in [9.17, 15) is 9.59 Å². The molecule has 0 bridgehead atoms. The zero-order valence-electron chi connectivity index (χ0n) is 10.6. The van der Waals surface area contributed by atoms with Crippen LogP contribution in [-0.2, 0) is 16.1 Å². The Morgan fingerprint density at radius 1 is 1.35 bits per heavy atom. The Kier molecular flexibility index (Phi) is 3.62. The van der Waals surface area contributed by atoms with Crippen molar-refractivity contribution in [3.63, 3.8) is 0 Å². The fourth-order valence-corrected chi connectivity index (χ4v) is 2.86. The molecule has 1 saturated heterocycles. The third-order valence-corrected chi connectivity index (χ3v) is 3.87. The monoisotopic (exact) mass is 340 g/mol. The van der Waals surface area contributed by atoms with Crippen molar-refractivity contribution < 1.29 is 19.1 Å². The molecule has 2 heterocycles. The van der Waals surface area contributed by atoms with E-state index in [1.165, 1.54) is 0 Å². The number of halogens is 1. The van der Waals surface area contributed by atoms with Gasteiger partial charge in [-0.05, 0) is 40.0 Å². The van der Waals surface area contributed by atoms with Gasteiger partial charge in [0.1, 0.15) is 0 Å². The Hall–Kier alpha value is -1.60.